The second-order valence-corrected chi connectivity index (χ2v) is 6.67. The Balaban J connectivity index is 4.43. The number of amides is 1. The van der Waals surface area contributed by atoms with Crippen LogP contribution in [0.5, 0.6) is 0 Å². The van der Waals surface area contributed by atoms with Gasteiger partial charge in [-0.05, 0) is 32.6 Å². The normalized spacial score (nSPS) is 13.9. The fourth-order valence-electron chi connectivity index (χ4n) is 1.63. The van der Waals surface area contributed by atoms with Crippen LogP contribution in [0.15, 0.2) is 16.0 Å². The molecule has 0 aromatic heterocycles. The monoisotopic (exact) mass is 271 g/mol. The topological polar surface area (TPSA) is 29.4 Å². The Hall–Kier alpha value is -0.440. The Morgan fingerprint density at radius 3 is 2.28 bits per heavy atom. The summed E-state index contributed by atoms with van der Waals surface area (Å²) in [5.41, 5.74) is 1.17. The molecule has 0 N–H and O–H groups in total. The summed E-state index contributed by atoms with van der Waals surface area (Å²) in [7, 11) is -0.0457. The molecule has 106 valence electrons. The van der Waals surface area contributed by atoms with Crippen LogP contribution in [0.25, 0.3) is 0 Å². The van der Waals surface area contributed by atoms with Gasteiger partial charge in [-0.25, -0.2) is 0 Å². The summed E-state index contributed by atoms with van der Waals surface area (Å²) in [4.78, 5) is 11.8. The lowest BCUT2D eigenvalue weighted by molar-refractivity contribution is -0.113. The number of nitrogens with zero attached hydrogens (tertiary/aromatic N) is 1. The van der Waals surface area contributed by atoms with Crippen LogP contribution in [-0.2, 0) is 15.5 Å². The second kappa shape index (κ2) is 11.6. The molecule has 2 nitrogen and oxygen atoms in total. The number of allylic oxidation sites excluding steroid dienone is 1. The van der Waals surface area contributed by atoms with E-state index in [-0.39, 0.29) is 16.6 Å². The fraction of sp³-hybridized carbons (Fsp3) is 0.800. The Morgan fingerprint density at radius 2 is 1.72 bits per heavy atom. The van der Waals surface area contributed by atoms with Gasteiger partial charge >= 0.3 is 0 Å². The molecule has 0 aromatic rings. The van der Waals surface area contributed by atoms with Gasteiger partial charge < -0.3 is 0 Å². The van der Waals surface area contributed by atoms with E-state index in [2.05, 4.69) is 25.1 Å². The minimum Gasteiger partial charge on any atom is -0.267 e. The summed E-state index contributed by atoms with van der Waals surface area (Å²) in [5, 5.41) is 0. The van der Waals surface area contributed by atoms with Gasteiger partial charge in [0, 0.05) is 17.6 Å². The van der Waals surface area contributed by atoms with E-state index in [1.165, 1.54) is 24.8 Å². The minimum atomic E-state index is -0.0457. The van der Waals surface area contributed by atoms with Crippen molar-refractivity contribution in [3.8, 4) is 0 Å². The molecule has 1 unspecified atom stereocenters. The van der Waals surface area contributed by atoms with Crippen LogP contribution in [0.2, 0.25) is 0 Å². The van der Waals surface area contributed by atoms with E-state index in [1.807, 2.05) is 6.92 Å². The van der Waals surface area contributed by atoms with E-state index in [1.54, 1.807) is 6.08 Å². The summed E-state index contributed by atoms with van der Waals surface area (Å²) >= 11 is 0. The maximum atomic E-state index is 11.8. The van der Waals surface area contributed by atoms with E-state index in [0.717, 1.165) is 30.8 Å². The highest BCUT2D eigenvalue weighted by molar-refractivity contribution is 7.87. The largest absolute Gasteiger partial charge is 0.275 e. The number of hydrogen-bond donors (Lipinski definition) is 0. The molecule has 0 aromatic carbocycles. The molecule has 0 heterocycles. The van der Waals surface area contributed by atoms with Crippen LogP contribution in [0.3, 0.4) is 0 Å². The van der Waals surface area contributed by atoms with Crippen molar-refractivity contribution >= 4 is 16.6 Å². The summed E-state index contributed by atoms with van der Waals surface area (Å²) < 4.78 is 4.36. The van der Waals surface area contributed by atoms with E-state index in [9.17, 15) is 4.79 Å². The first-order chi connectivity index (χ1) is 8.63. The molecule has 0 fully saturated rings. The zero-order valence-electron chi connectivity index (χ0n) is 12.5. The van der Waals surface area contributed by atoms with E-state index < -0.39 is 0 Å². The summed E-state index contributed by atoms with van der Waals surface area (Å²) in [6.07, 6.45) is 8.56. The predicted octanol–water partition coefficient (Wildman–Crippen LogP) is 4.66. The summed E-state index contributed by atoms with van der Waals surface area (Å²) in [6, 6.07) is 0. The highest BCUT2D eigenvalue weighted by atomic mass is 32.2. The van der Waals surface area contributed by atoms with Crippen molar-refractivity contribution in [3.05, 3.63) is 11.6 Å². The third-order valence-electron chi connectivity index (χ3n) is 2.69. The zero-order chi connectivity index (χ0) is 13.8. The molecule has 0 bridgehead atoms. The van der Waals surface area contributed by atoms with Crippen LogP contribution < -0.4 is 0 Å². The molecule has 0 spiro atoms. The van der Waals surface area contributed by atoms with Crippen molar-refractivity contribution in [2.24, 2.45) is 4.36 Å². The second-order valence-electron chi connectivity index (χ2n) is 4.75. The Labute approximate surface area is 115 Å². The lowest BCUT2D eigenvalue weighted by Crippen LogP contribution is -2.04. The summed E-state index contributed by atoms with van der Waals surface area (Å²) in [5.74, 6) is 2.13. The average Bonchev–Trinajstić information content (AvgIpc) is 2.33. The number of hydrogen-bond acceptors (Lipinski definition) is 1. The van der Waals surface area contributed by atoms with Crippen molar-refractivity contribution in [3.63, 3.8) is 0 Å². The molecule has 0 aliphatic heterocycles. The van der Waals surface area contributed by atoms with Gasteiger partial charge in [0.15, 0.2) is 0 Å². The smallest absolute Gasteiger partial charge is 0.267 e. The lowest BCUT2D eigenvalue weighted by atomic mass is 10.1. The quantitative estimate of drug-likeness (QED) is 0.561. The zero-order valence-corrected chi connectivity index (χ0v) is 13.3. The predicted molar refractivity (Wildman–Crippen MR) is 83.0 cm³/mol. The van der Waals surface area contributed by atoms with Crippen molar-refractivity contribution in [2.45, 2.75) is 66.2 Å². The molecule has 0 saturated carbocycles. The number of carbonyl (C=O) groups excluding carboxylic acids is 1. The van der Waals surface area contributed by atoms with Crippen molar-refractivity contribution in [2.75, 3.05) is 11.5 Å². The molecule has 0 saturated heterocycles. The van der Waals surface area contributed by atoms with Crippen LogP contribution in [-0.4, -0.2) is 17.4 Å². The highest BCUT2D eigenvalue weighted by Crippen LogP contribution is 2.07. The van der Waals surface area contributed by atoms with Crippen molar-refractivity contribution in [1.29, 1.82) is 0 Å². The summed E-state index contributed by atoms with van der Waals surface area (Å²) in [6.45, 7) is 8.55. The third-order valence-corrected chi connectivity index (χ3v) is 4.76. The molecule has 3 heteroatoms. The van der Waals surface area contributed by atoms with Crippen LogP contribution in [0, 0.1) is 0 Å². The van der Waals surface area contributed by atoms with Crippen molar-refractivity contribution < 1.29 is 4.79 Å². The number of rotatable bonds is 9. The van der Waals surface area contributed by atoms with Gasteiger partial charge in [0.1, 0.15) is 0 Å². The van der Waals surface area contributed by atoms with Gasteiger partial charge in [-0.3, -0.25) is 4.79 Å². The molecular formula is C15H29NOS. The van der Waals surface area contributed by atoms with Gasteiger partial charge in [0.25, 0.3) is 5.91 Å². The first-order valence-corrected chi connectivity index (χ1v) is 8.76. The van der Waals surface area contributed by atoms with Crippen LogP contribution >= 0.6 is 0 Å². The highest BCUT2D eigenvalue weighted by Gasteiger charge is 2.01. The van der Waals surface area contributed by atoms with Gasteiger partial charge in [-0.1, -0.05) is 49.9 Å². The molecule has 1 atom stereocenters. The molecule has 0 aliphatic carbocycles. The maximum absolute atomic E-state index is 11.8. The first-order valence-electron chi connectivity index (χ1n) is 7.24. The Morgan fingerprint density at radius 1 is 1.06 bits per heavy atom. The molecule has 0 aliphatic rings. The van der Waals surface area contributed by atoms with Gasteiger partial charge in [-0.15, -0.1) is 0 Å². The number of unbranched alkanes of at least 4 members (excludes halogenated alkanes) is 2. The van der Waals surface area contributed by atoms with Crippen LogP contribution in [0.4, 0.5) is 0 Å². The third kappa shape index (κ3) is 9.58. The minimum absolute atomic E-state index is 0.0171. The van der Waals surface area contributed by atoms with E-state index in [4.69, 9.17) is 0 Å². The molecule has 1 amide bonds. The number of carbonyl (C=O) groups is 1. The van der Waals surface area contributed by atoms with Gasteiger partial charge in [-0.2, -0.15) is 4.36 Å². The SMILES string of the molecule is CCCC/C(C)=C/C(=O)N=S(CCC)CCCC. The first kappa shape index (κ1) is 17.6. The molecule has 18 heavy (non-hydrogen) atoms. The maximum Gasteiger partial charge on any atom is 0.275 e. The van der Waals surface area contributed by atoms with Crippen LogP contribution in [0.1, 0.15) is 66.2 Å². The molecular weight excluding hydrogens is 242 g/mol. The lowest BCUT2D eigenvalue weighted by Gasteiger charge is -2.05. The van der Waals surface area contributed by atoms with Crippen molar-refractivity contribution in [1.82, 2.24) is 0 Å². The molecule has 0 radical (unpaired) electrons. The van der Waals surface area contributed by atoms with Gasteiger partial charge in [0.05, 0.1) is 0 Å². The Bertz CT molecular complexity index is 295. The Kier molecular flexibility index (Phi) is 11.4. The average molecular weight is 271 g/mol. The van der Waals surface area contributed by atoms with Gasteiger partial charge in [0.2, 0.25) is 0 Å². The van der Waals surface area contributed by atoms with E-state index in [0.29, 0.717) is 0 Å². The van der Waals surface area contributed by atoms with E-state index >= 15 is 0 Å². The fourth-order valence-corrected chi connectivity index (χ4v) is 3.42. The standard InChI is InChI=1S/C15H29NOS/c1-5-8-10-14(4)13-15(17)16-18(11-7-3)12-9-6-2/h13H,5-12H2,1-4H3/b14-13+. The molecule has 0 rings (SSSR count).